The fraction of sp³-hybridized carbons (Fsp3) is 0.571. The number of alkyl halides is 3. The van der Waals surface area contributed by atoms with E-state index in [2.05, 4.69) is 37.1 Å². The van der Waals surface area contributed by atoms with Crippen LogP contribution in [0, 0.1) is 11.3 Å². The minimum absolute atomic E-state index is 0.0124. The Bertz CT molecular complexity index is 1180. The number of carboxylic acid groups (broad SMARTS) is 1. The number of hydrogen-bond donors (Lipinski definition) is 1. The molecule has 212 valence electrons. The summed E-state index contributed by atoms with van der Waals surface area (Å²) in [5, 5.41) is 11.7. The van der Waals surface area contributed by atoms with Gasteiger partial charge < -0.3 is 14.9 Å². The lowest BCUT2D eigenvalue weighted by molar-refractivity contribution is -0.192. The van der Waals surface area contributed by atoms with Crippen LogP contribution in [0.15, 0.2) is 42.6 Å². The number of rotatable bonds is 6. The van der Waals surface area contributed by atoms with Crippen molar-refractivity contribution in [2.75, 3.05) is 19.6 Å². The summed E-state index contributed by atoms with van der Waals surface area (Å²) < 4.78 is 33.8. The Balaban J connectivity index is 0.000000448. The molecule has 8 nitrogen and oxygen atoms in total. The van der Waals surface area contributed by atoms with Crippen LogP contribution in [0.1, 0.15) is 69.2 Å². The maximum atomic E-state index is 14.1. The molecule has 1 aromatic carbocycles. The van der Waals surface area contributed by atoms with Gasteiger partial charge in [-0.25, -0.2) is 4.79 Å². The zero-order valence-electron chi connectivity index (χ0n) is 22.2. The number of likely N-dealkylation sites (tertiary alicyclic amines) is 2. The van der Waals surface area contributed by atoms with Gasteiger partial charge in [-0.05, 0) is 57.1 Å². The topological polar surface area (TPSA) is 95.7 Å². The second-order valence-corrected chi connectivity index (χ2v) is 11.0. The fourth-order valence-corrected chi connectivity index (χ4v) is 5.74. The average molecular weight is 549 g/mol. The maximum Gasteiger partial charge on any atom is 0.490 e. The van der Waals surface area contributed by atoms with E-state index in [-0.39, 0.29) is 23.8 Å². The van der Waals surface area contributed by atoms with Gasteiger partial charge in [0.15, 0.2) is 0 Å². The van der Waals surface area contributed by atoms with E-state index in [4.69, 9.17) is 9.90 Å². The molecule has 11 heteroatoms. The van der Waals surface area contributed by atoms with E-state index in [1.807, 2.05) is 38.9 Å². The summed E-state index contributed by atoms with van der Waals surface area (Å²) >= 11 is 0. The van der Waals surface area contributed by atoms with Crippen molar-refractivity contribution in [3.63, 3.8) is 0 Å². The van der Waals surface area contributed by atoms with Gasteiger partial charge in [0.2, 0.25) is 11.8 Å². The van der Waals surface area contributed by atoms with Gasteiger partial charge in [-0.3, -0.25) is 14.3 Å². The molecular formula is C28H35F3N4O4. The number of benzene rings is 1. The molecule has 5 rings (SSSR count). The largest absolute Gasteiger partial charge is 0.490 e. The summed E-state index contributed by atoms with van der Waals surface area (Å²) in [5.74, 6) is -1.79. The average Bonchev–Trinajstić information content (AvgIpc) is 3.41. The smallest absolute Gasteiger partial charge is 0.475 e. The highest BCUT2D eigenvalue weighted by Crippen LogP contribution is 2.50. The van der Waals surface area contributed by atoms with Crippen molar-refractivity contribution in [1.82, 2.24) is 19.6 Å². The van der Waals surface area contributed by atoms with E-state index in [9.17, 15) is 22.8 Å². The number of nitrogens with zero attached hydrogens (tertiary/aromatic N) is 4. The third kappa shape index (κ3) is 6.45. The zero-order valence-corrected chi connectivity index (χ0v) is 22.2. The summed E-state index contributed by atoms with van der Waals surface area (Å²) in [6.07, 6.45) is 1.52. The van der Waals surface area contributed by atoms with Crippen LogP contribution in [-0.2, 0) is 20.9 Å². The van der Waals surface area contributed by atoms with Gasteiger partial charge in [0, 0.05) is 56.5 Å². The van der Waals surface area contributed by atoms with Gasteiger partial charge in [0.1, 0.15) is 0 Å². The molecule has 0 radical (unpaired) electrons. The van der Waals surface area contributed by atoms with Crippen LogP contribution in [0.2, 0.25) is 0 Å². The molecule has 2 aromatic rings. The Morgan fingerprint density at radius 1 is 1.15 bits per heavy atom. The molecule has 2 saturated heterocycles. The molecule has 1 spiro atoms. The number of halogens is 3. The minimum Gasteiger partial charge on any atom is -0.475 e. The molecule has 1 N–H and O–H groups in total. The molecule has 2 aliphatic heterocycles. The van der Waals surface area contributed by atoms with Crippen molar-refractivity contribution < 1.29 is 32.7 Å². The van der Waals surface area contributed by atoms with Crippen LogP contribution in [0.4, 0.5) is 13.2 Å². The number of aromatic nitrogens is 2. The number of hydrogen-bond acceptors (Lipinski definition) is 4. The van der Waals surface area contributed by atoms with Gasteiger partial charge in [0.05, 0.1) is 5.41 Å². The molecular weight excluding hydrogens is 513 g/mol. The SMILES string of the molecule is CC(C)n1nccc1[C@@H]1CN(C(=O)CC2CC2)C[C@]12CCCN(Cc1ccccc1)C2=O.O=C(O)C(F)(F)F. The van der Waals surface area contributed by atoms with E-state index in [1.165, 1.54) is 0 Å². The van der Waals surface area contributed by atoms with Gasteiger partial charge in [0.25, 0.3) is 0 Å². The first-order chi connectivity index (χ1) is 18.4. The van der Waals surface area contributed by atoms with Crippen molar-refractivity contribution in [1.29, 1.82) is 0 Å². The molecule has 0 bridgehead atoms. The molecule has 2 atom stereocenters. The van der Waals surface area contributed by atoms with E-state index in [1.54, 1.807) is 0 Å². The Hall–Kier alpha value is -3.37. The standard InChI is InChI=1S/C26H34N4O2.C2HF3O2/c1-19(2)30-23(11-13-27-30)22-17-29(24(31)15-20-9-10-20)18-26(22)12-6-14-28(25(26)32)16-21-7-4-3-5-8-21;3-2(4,5)1(6)7/h3-5,7-8,11,13,19-20,22H,6,9-10,12,14-18H2,1-2H3;(H,6,7)/t22-,26+;/m0./s1. The van der Waals surface area contributed by atoms with E-state index < -0.39 is 17.6 Å². The number of amides is 2. The Kier molecular flexibility index (Phi) is 8.37. The molecule has 0 unspecified atom stereocenters. The summed E-state index contributed by atoms with van der Waals surface area (Å²) in [4.78, 5) is 40.1. The first-order valence-corrected chi connectivity index (χ1v) is 13.4. The third-order valence-corrected chi connectivity index (χ3v) is 7.83. The Morgan fingerprint density at radius 2 is 1.82 bits per heavy atom. The lowest BCUT2D eigenvalue weighted by Crippen LogP contribution is -2.52. The van der Waals surface area contributed by atoms with Crippen LogP contribution in [0.25, 0.3) is 0 Å². The van der Waals surface area contributed by atoms with Crippen molar-refractivity contribution in [3.8, 4) is 0 Å². The van der Waals surface area contributed by atoms with Gasteiger partial charge in [-0.15, -0.1) is 0 Å². The van der Waals surface area contributed by atoms with Crippen LogP contribution >= 0.6 is 0 Å². The predicted octanol–water partition coefficient (Wildman–Crippen LogP) is 4.63. The minimum atomic E-state index is -5.08. The highest BCUT2D eigenvalue weighted by molar-refractivity contribution is 5.87. The van der Waals surface area contributed by atoms with E-state index >= 15 is 0 Å². The predicted molar refractivity (Wildman–Crippen MR) is 136 cm³/mol. The van der Waals surface area contributed by atoms with Gasteiger partial charge >= 0.3 is 12.1 Å². The lowest BCUT2D eigenvalue weighted by atomic mass is 9.70. The monoisotopic (exact) mass is 548 g/mol. The fourth-order valence-electron chi connectivity index (χ4n) is 5.74. The van der Waals surface area contributed by atoms with E-state index in [0.29, 0.717) is 32.0 Å². The highest BCUT2D eigenvalue weighted by atomic mass is 19.4. The van der Waals surface area contributed by atoms with Crippen molar-refractivity contribution in [2.45, 2.75) is 70.6 Å². The van der Waals surface area contributed by atoms with Gasteiger partial charge in [-0.1, -0.05) is 30.3 Å². The molecule has 1 aliphatic carbocycles. The first kappa shape index (κ1) is 28.6. The quantitative estimate of drug-likeness (QED) is 0.568. The van der Waals surface area contributed by atoms with Gasteiger partial charge in [-0.2, -0.15) is 18.3 Å². The third-order valence-electron chi connectivity index (χ3n) is 7.83. The molecule has 2 amide bonds. The molecule has 3 heterocycles. The van der Waals surface area contributed by atoms with Crippen LogP contribution in [0.3, 0.4) is 0 Å². The molecule has 1 aromatic heterocycles. The summed E-state index contributed by atoms with van der Waals surface area (Å²) in [6.45, 7) is 6.82. The molecule has 39 heavy (non-hydrogen) atoms. The van der Waals surface area contributed by atoms with Crippen LogP contribution in [-0.4, -0.2) is 68.3 Å². The maximum absolute atomic E-state index is 14.1. The Labute approximate surface area is 225 Å². The number of carbonyl (C=O) groups is 3. The lowest BCUT2D eigenvalue weighted by Gasteiger charge is -2.42. The number of carboxylic acids is 1. The second kappa shape index (κ2) is 11.4. The molecule has 3 fully saturated rings. The first-order valence-electron chi connectivity index (χ1n) is 13.4. The van der Waals surface area contributed by atoms with Crippen molar-refractivity contribution in [3.05, 3.63) is 53.9 Å². The van der Waals surface area contributed by atoms with E-state index in [0.717, 1.165) is 43.5 Å². The summed E-state index contributed by atoms with van der Waals surface area (Å²) in [5.41, 5.74) is 1.69. The zero-order chi connectivity index (χ0) is 28.4. The summed E-state index contributed by atoms with van der Waals surface area (Å²) in [6, 6.07) is 12.5. The van der Waals surface area contributed by atoms with Crippen LogP contribution < -0.4 is 0 Å². The second-order valence-electron chi connectivity index (χ2n) is 11.0. The number of carbonyl (C=O) groups excluding carboxylic acids is 2. The number of piperidine rings is 1. The van der Waals surface area contributed by atoms with Crippen molar-refractivity contribution >= 4 is 17.8 Å². The summed E-state index contributed by atoms with van der Waals surface area (Å²) in [7, 11) is 0. The normalized spacial score (nSPS) is 23.2. The number of aliphatic carboxylic acids is 1. The van der Waals surface area contributed by atoms with Crippen LogP contribution in [0.5, 0.6) is 0 Å². The highest BCUT2D eigenvalue weighted by Gasteiger charge is 2.57. The molecule has 1 saturated carbocycles. The molecule has 3 aliphatic rings. The van der Waals surface area contributed by atoms with Crippen molar-refractivity contribution in [2.24, 2.45) is 11.3 Å². The Morgan fingerprint density at radius 3 is 2.41 bits per heavy atom.